The van der Waals surface area contributed by atoms with E-state index in [1.54, 1.807) is 0 Å². The van der Waals surface area contributed by atoms with E-state index in [4.69, 9.17) is 11.6 Å². The Morgan fingerprint density at radius 1 is 1.08 bits per heavy atom. The zero-order valence-electron chi connectivity index (χ0n) is 12.9. The average molecular weight is 360 g/mol. The van der Waals surface area contributed by atoms with Crippen LogP contribution in [0.3, 0.4) is 0 Å². The molecule has 0 saturated heterocycles. The first-order valence-electron chi connectivity index (χ1n) is 7.44. The molecule has 122 valence electrons. The van der Waals surface area contributed by atoms with Gasteiger partial charge in [-0.2, -0.15) is 0 Å². The Morgan fingerprint density at radius 3 is 2.58 bits per heavy atom. The first-order chi connectivity index (χ1) is 11.5. The maximum Gasteiger partial charge on any atom is 0.237 e. The molecule has 3 aromatic carbocycles. The van der Waals surface area contributed by atoms with Crippen molar-refractivity contribution in [3.8, 4) is 0 Å². The molecule has 0 aromatic heterocycles. The summed E-state index contributed by atoms with van der Waals surface area (Å²) in [4.78, 5) is 13.3. The number of thioether (sulfide) groups is 1. The second-order valence-electron chi connectivity index (χ2n) is 5.38. The van der Waals surface area contributed by atoms with Gasteiger partial charge < -0.3 is 5.32 Å². The minimum absolute atomic E-state index is 0.179. The number of fused-ring (bicyclic) bond motifs is 1. The van der Waals surface area contributed by atoms with Crippen LogP contribution < -0.4 is 5.32 Å². The van der Waals surface area contributed by atoms with Crippen molar-refractivity contribution in [2.24, 2.45) is 0 Å². The summed E-state index contributed by atoms with van der Waals surface area (Å²) in [7, 11) is 0. The SMILES string of the molecule is C[C@H](Sc1ccc2ccccc2c1)C(=O)Nc1ccc(F)cc1Cl. The average Bonchev–Trinajstić information content (AvgIpc) is 2.57. The van der Waals surface area contributed by atoms with Crippen LogP contribution in [0.25, 0.3) is 10.8 Å². The lowest BCUT2D eigenvalue weighted by Crippen LogP contribution is -2.22. The summed E-state index contributed by atoms with van der Waals surface area (Å²) in [5.74, 6) is -0.613. The Balaban J connectivity index is 1.70. The highest BCUT2D eigenvalue weighted by atomic mass is 35.5. The van der Waals surface area contributed by atoms with E-state index < -0.39 is 5.82 Å². The van der Waals surface area contributed by atoms with E-state index in [1.165, 1.54) is 30.0 Å². The van der Waals surface area contributed by atoms with Crippen LogP contribution in [0.15, 0.2) is 65.6 Å². The molecular formula is C19H15ClFNOS. The second-order valence-corrected chi connectivity index (χ2v) is 7.20. The van der Waals surface area contributed by atoms with Crippen LogP contribution >= 0.6 is 23.4 Å². The quantitative estimate of drug-likeness (QED) is 0.601. The van der Waals surface area contributed by atoms with Gasteiger partial charge in [-0.05, 0) is 48.0 Å². The molecule has 3 rings (SSSR count). The van der Waals surface area contributed by atoms with Gasteiger partial charge in [0.1, 0.15) is 5.82 Å². The smallest absolute Gasteiger partial charge is 0.237 e. The fraction of sp³-hybridized carbons (Fsp3) is 0.105. The van der Waals surface area contributed by atoms with E-state index in [1.807, 2.05) is 37.3 Å². The Hall–Kier alpha value is -2.04. The zero-order chi connectivity index (χ0) is 17.1. The molecule has 0 unspecified atom stereocenters. The summed E-state index contributed by atoms with van der Waals surface area (Å²) in [6, 6.07) is 18.1. The van der Waals surface area contributed by atoms with Crippen LogP contribution in [0.4, 0.5) is 10.1 Å². The minimum Gasteiger partial charge on any atom is -0.324 e. The molecule has 0 spiro atoms. The van der Waals surface area contributed by atoms with E-state index in [9.17, 15) is 9.18 Å². The molecule has 0 heterocycles. The Kier molecular flexibility index (Phi) is 5.07. The van der Waals surface area contributed by atoms with Gasteiger partial charge in [0.15, 0.2) is 0 Å². The number of carbonyl (C=O) groups is 1. The standard InChI is InChI=1S/C19H15ClFNOS/c1-12(19(23)22-18-9-7-15(21)11-17(18)20)24-16-8-6-13-4-2-3-5-14(13)10-16/h2-12H,1H3,(H,22,23)/t12-/m0/s1. The molecule has 0 fully saturated rings. The molecule has 5 heteroatoms. The van der Waals surface area contributed by atoms with E-state index in [0.29, 0.717) is 5.69 Å². The van der Waals surface area contributed by atoms with E-state index in [-0.39, 0.29) is 16.2 Å². The summed E-state index contributed by atoms with van der Waals surface area (Å²) in [6.07, 6.45) is 0. The monoisotopic (exact) mass is 359 g/mol. The lowest BCUT2D eigenvalue weighted by atomic mass is 10.1. The third-order valence-electron chi connectivity index (χ3n) is 3.59. The van der Waals surface area contributed by atoms with Gasteiger partial charge in [0.05, 0.1) is 16.0 Å². The number of anilines is 1. The van der Waals surface area contributed by atoms with Crippen molar-refractivity contribution in [3.05, 3.63) is 71.5 Å². The molecule has 0 bridgehead atoms. The van der Waals surface area contributed by atoms with Crippen molar-refractivity contribution in [3.63, 3.8) is 0 Å². The number of benzene rings is 3. The maximum absolute atomic E-state index is 13.1. The highest BCUT2D eigenvalue weighted by Crippen LogP contribution is 2.29. The van der Waals surface area contributed by atoms with Crippen molar-refractivity contribution in [1.29, 1.82) is 0 Å². The number of nitrogens with one attached hydrogen (secondary N) is 1. The molecule has 0 aliphatic heterocycles. The third kappa shape index (κ3) is 3.89. The molecule has 3 aromatic rings. The predicted octanol–water partition coefficient (Wildman–Crippen LogP) is 5.75. The molecule has 0 saturated carbocycles. The summed E-state index contributed by atoms with van der Waals surface area (Å²) in [5, 5.41) is 4.91. The highest BCUT2D eigenvalue weighted by molar-refractivity contribution is 8.00. The first-order valence-corrected chi connectivity index (χ1v) is 8.70. The molecule has 0 radical (unpaired) electrons. The largest absolute Gasteiger partial charge is 0.324 e. The molecule has 2 nitrogen and oxygen atoms in total. The van der Waals surface area contributed by atoms with Gasteiger partial charge in [-0.25, -0.2) is 4.39 Å². The van der Waals surface area contributed by atoms with Crippen molar-refractivity contribution < 1.29 is 9.18 Å². The molecule has 1 amide bonds. The molecule has 0 aliphatic carbocycles. The Labute approximate surface area is 149 Å². The van der Waals surface area contributed by atoms with Crippen LogP contribution in [-0.4, -0.2) is 11.2 Å². The van der Waals surface area contributed by atoms with Crippen molar-refractivity contribution in [2.45, 2.75) is 17.1 Å². The van der Waals surface area contributed by atoms with Gasteiger partial charge in [-0.1, -0.05) is 41.9 Å². The highest BCUT2D eigenvalue weighted by Gasteiger charge is 2.16. The van der Waals surface area contributed by atoms with Gasteiger partial charge in [0.2, 0.25) is 5.91 Å². The second kappa shape index (κ2) is 7.24. The van der Waals surface area contributed by atoms with Crippen LogP contribution in [0.1, 0.15) is 6.92 Å². The lowest BCUT2D eigenvalue weighted by molar-refractivity contribution is -0.115. The fourth-order valence-corrected chi connectivity index (χ4v) is 3.45. The van der Waals surface area contributed by atoms with E-state index in [2.05, 4.69) is 17.4 Å². The number of halogens is 2. The van der Waals surface area contributed by atoms with Crippen molar-refractivity contribution >= 4 is 45.7 Å². The lowest BCUT2D eigenvalue weighted by Gasteiger charge is -2.13. The van der Waals surface area contributed by atoms with Gasteiger partial charge in [-0.15, -0.1) is 11.8 Å². The number of amides is 1. The summed E-state index contributed by atoms with van der Waals surface area (Å²) < 4.78 is 13.1. The van der Waals surface area contributed by atoms with Crippen molar-refractivity contribution in [2.75, 3.05) is 5.32 Å². The summed E-state index contributed by atoms with van der Waals surface area (Å²) in [6.45, 7) is 1.83. The topological polar surface area (TPSA) is 29.1 Å². The van der Waals surface area contributed by atoms with Gasteiger partial charge in [0, 0.05) is 4.90 Å². The maximum atomic E-state index is 13.1. The van der Waals surface area contributed by atoms with Crippen LogP contribution in [0.2, 0.25) is 5.02 Å². The molecular weight excluding hydrogens is 345 g/mol. The minimum atomic E-state index is -0.434. The van der Waals surface area contributed by atoms with Crippen molar-refractivity contribution in [1.82, 2.24) is 0 Å². The number of carbonyl (C=O) groups excluding carboxylic acids is 1. The Bertz CT molecular complexity index is 899. The fourth-order valence-electron chi connectivity index (χ4n) is 2.32. The molecule has 0 aliphatic rings. The number of hydrogen-bond acceptors (Lipinski definition) is 2. The Morgan fingerprint density at radius 2 is 1.83 bits per heavy atom. The summed E-state index contributed by atoms with van der Waals surface area (Å²) in [5.41, 5.74) is 0.411. The number of rotatable bonds is 4. The number of hydrogen-bond donors (Lipinski definition) is 1. The van der Waals surface area contributed by atoms with Crippen LogP contribution in [-0.2, 0) is 4.79 Å². The predicted molar refractivity (Wildman–Crippen MR) is 99.3 cm³/mol. The third-order valence-corrected chi connectivity index (χ3v) is 5.00. The van der Waals surface area contributed by atoms with E-state index in [0.717, 1.165) is 15.7 Å². The van der Waals surface area contributed by atoms with Gasteiger partial charge >= 0.3 is 0 Å². The van der Waals surface area contributed by atoms with Crippen LogP contribution in [0.5, 0.6) is 0 Å². The molecule has 1 N–H and O–H groups in total. The first kappa shape index (κ1) is 16.8. The summed E-state index contributed by atoms with van der Waals surface area (Å²) >= 11 is 7.41. The molecule has 1 atom stereocenters. The van der Waals surface area contributed by atoms with Gasteiger partial charge in [0.25, 0.3) is 0 Å². The zero-order valence-corrected chi connectivity index (χ0v) is 14.5. The van der Waals surface area contributed by atoms with Crippen LogP contribution in [0, 0.1) is 5.82 Å². The normalized spacial score (nSPS) is 12.1. The molecule has 24 heavy (non-hydrogen) atoms. The van der Waals surface area contributed by atoms with Gasteiger partial charge in [-0.3, -0.25) is 4.79 Å². The van der Waals surface area contributed by atoms with E-state index >= 15 is 0 Å².